The molecule has 2 unspecified atom stereocenters. The van der Waals surface area contributed by atoms with Crippen molar-refractivity contribution in [3.05, 3.63) is 0 Å². The molecule has 4 nitrogen and oxygen atoms in total. The van der Waals surface area contributed by atoms with E-state index in [2.05, 4.69) is 22.5 Å². The molecule has 0 radical (unpaired) electrons. The Morgan fingerprint density at radius 3 is 2.65 bits per heavy atom. The predicted octanol–water partition coefficient (Wildman–Crippen LogP) is 1.76. The van der Waals surface area contributed by atoms with Crippen molar-refractivity contribution in [2.24, 2.45) is 5.92 Å². The first-order valence-electron chi connectivity index (χ1n) is 8.37. The van der Waals surface area contributed by atoms with Gasteiger partial charge in [0.2, 0.25) is 5.91 Å². The summed E-state index contributed by atoms with van der Waals surface area (Å²) in [4.78, 5) is 13.6. The van der Waals surface area contributed by atoms with Crippen molar-refractivity contribution in [3.63, 3.8) is 0 Å². The number of carbonyl (C=O) groups is 1. The van der Waals surface area contributed by atoms with Crippen LogP contribution in [-0.2, 0) is 4.79 Å². The van der Waals surface area contributed by atoms with Crippen LogP contribution in [0.2, 0.25) is 0 Å². The quantitative estimate of drug-likeness (QED) is 0.807. The summed E-state index contributed by atoms with van der Waals surface area (Å²) in [7, 11) is 0. The molecule has 0 bridgehead atoms. The van der Waals surface area contributed by atoms with Gasteiger partial charge in [-0.15, -0.1) is 0 Å². The minimum atomic E-state index is 0.101. The van der Waals surface area contributed by atoms with Crippen molar-refractivity contribution in [3.8, 4) is 0 Å². The predicted molar refractivity (Wildman–Crippen MR) is 82.7 cm³/mol. The second-order valence-electron chi connectivity index (χ2n) is 6.65. The third kappa shape index (κ3) is 5.06. The second kappa shape index (κ2) is 7.99. The molecule has 2 N–H and O–H groups in total. The van der Waals surface area contributed by atoms with Crippen molar-refractivity contribution < 1.29 is 4.79 Å². The summed E-state index contributed by atoms with van der Waals surface area (Å²) in [6.07, 6.45) is 7.83. The van der Waals surface area contributed by atoms with Gasteiger partial charge < -0.3 is 15.5 Å². The molecule has 2 rings (SSSR count). The molecule has 0 aromatic carbocycles. The highest BCUT2D eigenvalue weighted by atomic mass is 16.1. The van der Waals surface area contributed by atoms with Crippen LogP contribution in [0.1, 0.15) is 52.4 Å². The maximum Gasteiger partial charge on any atom is 0.216 e. The lowest BCUT2D eigenvalue weighted by Crippen LogP contribution is -2.46. The molecule has 0 aromatic rings. The van der Waals surface area contributed by atoms with E-state index in [9.17, 15) is 4.79 Å². The van der Waals surface area contributed by atoms with Gasteiger partial charge in [0.25, 0.3) is 0 Å². The third-order valence-electron chi connectivity index (χ3n) is 4.95. The van der Waals surface area contributed by atoms with E-state index < -0.39 is 0 Å². The van der Waals surface area contributed by atoms with Gasteiger partial charge in [-0.1, -0.05) is 6.42 Å². The van der Waals surface area contributed by atoms with Gasteiger partial charge in [-0.3, -0.25) is 4.79 Å². The largest absolute Gasteiger partial charge is 0.356 e. The van der Waals surface area contributed by atoms with Gasteiger partial charge in [-0.25, -0.2) is 0 Å². The van der Waals surface area contributed by atoms with E-state index in [1.54, 1.807) is 6.92 Å². The Morgan fingerprint density at radius 2 is 2.05 bits per heavy atom. The normalized spacial score (nSPS) is 27.2. The van der Waals surface area contributed by atoms with Crippen LogP contribution in [0.5, 0.6) is 0 Å². The van der Waals surface area contributed by atoms with E-state index in [0.29, 0.717) is 12.0 Å². The van der Waals surface area contributed by atoms with Crippen LogP contribution in [-0.4, -0.2) is 49.1 Å². The second-order valence-corrected chi connectivity index (χ2v) is 6.65. The minimum absolute atomic E-state index is 0.101. The number of piperidine rings is 2. The van der Waals surface area contributed by atoms with Crippen molar-refractivity contribution in [1.29, 1.82) is 0 Å². The minimum Gasteiger partial charge on any atom is -0.356 e. The summed E-state index contributed by atoms with van der Waals surface area (Å²) in [6, 6.07) is 1.42. The maximum atomic E-state index is 11.0. The van der Waals surface area contributed by atoms with Gasteiger partial charge in [-0.05, 0) is 64.6 Å². The van der Waals surface area contributed by atoms with Crippen LogP contribution in [0, 0.1) is 5.92 Å². The Labute approximate surface area is 123 Å². The van der Waals surface area contributed by atoms with Gasteiger partial charge in [-0.2, -0.15) is 0 Å². The lowest BCUT2D eigenvalue weighted by Gasteiger charge is -2.38. The van der Waals surface area contributed by atoms with Crippen LogP contribution in [0.15, 0.2) is 0 Å². The first-order chi connectivity index (χ1) is 9.65. The monoisotopic (exact) mass is 281 g/mol. The zero-order valence-electron chi connectivity index (χ0n) is 13.2. The van der Waals surface area contributed by atoms with Gasteiger partial charge in [0.05, 0.1) is 0 Å². The SMILES string of the molecule is CC(=O)NCC1CCN(C(C)CC2CCCCN2)CC1. The third-order valence-corrected chi connectivity index (χ3v) is 4.95. The Morgan fingerprint density at radius 1 is 1.30 bits per heavy atom. The molecule has 2 aliphatic heterocycles. The Balaban J connectivity index is 1.65. The molecule has 4 heteroatoms. The van der Waals surface area contributed by atoms with Crippen LogP contribution in [0.4, 0.5) is 0 Å². The molecule has 1 amide bonds. The molecule has 0 saturated carbocycles. The summed E-state index contributed by atoms with van der Waals surface area (Å²) in [5.74, 6) is 0.777. The molecule has 0 aromatic heterocycles. The maximum absolute atomic E-state index is 11.0. The van der Waals surface area contributed by atoms with E-state index >= 15 is 0 Å². The van der Waals surface area contributed by atoms with E-state index in [-0.39, 0.29) is 5.91 Å². The van der Waals surface area contributed by atoms with Crippen molar-refractivity contribution in [1.82, 2.24) is 15.5 Å². The molecule has 0 spiro atoms. The number of carbonyl (C=O) groups excluding carboxylic acids is 1. The molecule has 20 heavy (non-hydrogen) atoms. The van der Waals surface area contributed by atoms with E-state index in [1.807, 2.05) is 0 Å². The summed E-state index contributed by atoms with van der Waals surface area (Å²) in [5.41, 5.74) is 0. The number of hydrogen-bond donors (Lipinski definition) is 2. The number of nitrogens with zero attached hydrogens (tertiary/aromatic N) is 1. The number of hydrogen-bond acceptors (Lipinski definition) is 3. The van der Waals surface area contributed by atoms with Gasteiger partial charge in [0.15, 0.2) is 0 Å². The molecule has 2 saturated heterocycles. The van der Waals surface area contributed by atoms with Crippen molar-refractivity contribution in [2.75, 3.05) is 26.2 Å². The Kier molecular flexibility index (Phi) is 6.30. The molecule has 2 fully saturated rings. The molecule has 116 valence electrons. The molecule has 2 aliphatic rings. The summed E-state index contributed by atoms with van der Waals surface area (Å²) in [5, 5.41) is 6.61. The van der Waals surface area contributed by atoms with Crippen molar-refractivity contribution >= 4 is 5.91 Å². The average molecular weight is 281 g/mol. The van der Waals surface area contributed by atoms with E-state index in [1.165, 1.54) is 58.2 Å². The fourth-order valence-corrected chi connectivity index (χ4v) is 3.57. The smallest absolute Gasteiger partial charge is 0.216 e. The lowest BCUT2D eigenvalue weighted by atomic mass is 9.93. The van der Waals surface area contributed by atoms with Crippen LogP contribution < -0.4 is 10.6 Å². The molecular formula is C16H31N3O. The highest BCUT2D eigenvalue weighted by molar-refractivity contribution is 5.72. The van der Waals surface area contributed by atoms with E-state index in [4.69, 9.17) is 0 Å². The molecular weight excluding hydrogens is 250 g/mol. The summed E-state index contributed by atoms with van der Waals surface area (Å²) >= 11 is 0. The number of amides is 1. The fraction of sp³-hybridized carbons (Fsp3) is 0.938. The van der Waals surface area contributed by atoms with E-state index in [0.717, 1.165) is 12.6 Å². The molecule has 2 heterocycles. The standard InChI is InChI=1S/C16H31N3O/c1-13(11-16-5-3-4-8-17-16)19-9-6-15(7-10-19)12-18-14(2)20/h13,15-17H,3-12H2,1-2H3,(H,18,20). The van der Waals surface area contributed by atoms with Crippen LogP contribution in [0.25, 0.3) is 0 Å². The zero-order chi connectivity index (χ0) is 14.4. The molecule has 2 atom stereocenters. The topological polar surface area (TPSA) is 44.4 Å². The lowest BCUT2D eigenvalue weighted by molar-refractivity contribution is -0.119. The number of likely N-dealkylation sites (tertiary alicyclic amines) is 1. The summed E-state index contributed by atoms with van der Waals surface area (Å²) in [6.45, 7) is 8.44. The Hall–Kier alpha value is -0.610. The highest BCUT2D eigenvalue weighted by Gasteiger charge is 2.25. The Bertz CT molecular complexity index is 294. The van der Waals surface area contributed by atoms with Gasteiger partial charge in [0, 0.05) is 25.6 Å². The average Bonchev–Trinajstić information content (AvgIpc) is 2.46. The fourth-order valence-electron chi connectivity index (χ4n) is 3.57. The number of nitrogens with one attached hydrogen (secondary N) is 2. The van der Waals surface area contributed by atoms with Crippen LogP contribution in [0.3, 0.4) is 0 Å². The zero-order valence-corrected chi connectivity index (χ0v) is 13.2. The van der Waals surface area contributed by atoms with Gasteiger partial charge >= 0.3 is 0 Å². The molecule has 0 aliphatic carbocycles. The van der Waals surface area contributed by atoms with Gasteiger partial charge in [0.1, 0.15) is 0 Å². The summed E-state index contributed by atoms with van der Waals surface area (Å²) < 4.78 is 0. The first-order valence-corrected chi connectivity index (χ1v) is 8.37. The first kappa shape index (κ1) is 15.8. The van der Waals surface area contributed by atoms with Crippen LogP contribution >= 0.6 is 0 Å². The number of rotatable bonds is 5. The highest BCUT2D eigenvalue weighted by Crippen LogP contribution is 2.21. The van der Waals surface area contributed by atoms with Crippen molar-refractivity contribution in [2.45, 2.75) is 64.5 Å².